The van der Waals surface area contributed by atoms with Gasteiger partial charge >= 0.3 is 5.69 Å². The number of nitrogens with zero attached hydrogens (tertiary/aromatic N) is 5. The molecule has 10 nitrogen and oxygen atoms in total. The van der Waals surface area contributed by atoms with Crippen LogP contribution in [0.3, 0.4) is 0 Å². The van der Waals surface area contributed by atoms with Gasteiger partial charge < -0.3 is 10.1 Å². The lowest BCUT2D eigenvalue weighted by Crippen LogP contribution is -2.37. The van der Waals surface area contributed by atoms with Gasteiger partial charge in [-0.25, -0.2) is 9.78 Å². The topological polar surface area (TPSA) is 117 Å². The Morgan fingerprint density at radius 2 is 1.97 bits per heavy atom. The molecule has 4 aromatic rings. The molecule has 1 fully saturated rings. The molecule has 1 aliphatic rings. The minimum Gasteiger partial charge on any atom is -0.491 e. The summed E-state index contributed by atoms with van der Waals surface area (Å²) >= 11 is 6.10. The first-order valence-electron chi connectivity index (χ1n) is 12.0. The second-order valence-corrected chi connectivity index (χ2v) is 9.62. The molecule has 36 heavy (non-hydrogen) atoms. The van der Waals surface area contributed by atoms with E-state index in [9.17, 15) is 14.9 Å². The van der Waals surface area contributed by atoms with Gasteiger partial charge in [0.2, 0.25) is 0 Å². The van der Waals surface area contributed by atoms with Gasteiger partial charge in [-0.05, 0) is 44.7 Å². The molecule has 1 aliphatic carbocycles. The fraction of sp³-hybridized carbons (Fsp3) is 0.400. The van der Waals surface area contributed by atoms with E-state index in [4.69, 9.17) is 16.3 Å². The Morgan fingerprint density at radius 1 is 1.19 bits per heavy atom. The number of aryl methyl sites for hydroxylation is 2. The zero-order valence-electron chi connectivity index (χ0n) is 20.1. The van der Waals surface area contributed by atoms with Crippen LogP contribution in [0.4, 0.5) is 5.69 Å². The summed E-state index contributed by atoms with van der Waals surface area (Å²) in [6.45, 7) is 2.77. The minimum atomic E-state index is -0.388. The average molecular weight is 511 g/mol. The van der Waals surface area contributed by atoms with Crippen molar-refractivity contribution in [3.05, 3.63) is 68.0 Å². The molecular weight excluding hydrogens is 484 g/mol. The largest absolute Gasteiger partial charge is 0.491 e. The predicted octanol–water partition coefficient (Wildman–Crippen LogP) is 4.31. The van der Waals surface area contributed by atoms with Crippen molar-refractivity contribution >= 4 is 39.2 Å². The predicted molar refractivity (Wildman–Crippen MR) is 138 cm³/mol. The number of hydrogen-bond donors (Lipinski definition) is 1. The number of ether oxygens (including phenoxy) is 1. The van der Waals surface area contributed by atoms with Gasteiger partial charge in [-0.3, -0.25) is 24.2 Å². The van der Waals surface area contributed by atoms with E-state index >= 15 is 0 Å². The summed E-state index contributed by atoms with van der Waals surface area (Å²) in [5.74, 6) is 0.581. The maximum absolute atomic E-state index is 12.9. The highest BCUT2D eigenvalue weighted by Gasteiger charge is 2.26. The van der Waals surface area contributed by atoms with Crippen LogP contribution in [0.1, 0.15) is 37.3 Å². The number of pyridine rings is 2. The second kappa shape index (κ2) is 9.87. The van der Waals surface area contributed by atoms with E-state index in [1.54, 1.807) is 49.1 Å². The first-order chi connectivity index (χ1) is 17.3. The maximum atomic E-state index is 12.9. The van der Waals surface area contributed by atoms with Crippen molar-refractivity contribution < 1.29 is 9.66 Å². The van der Waals surface area contributed by atoms with Crippen molar-refractivity contribution in [2.75, 3.05) is 13.2 Å². The molecule has 0 unspecified atom stereocenters. The monoisotopic (exact) mass is 510 g/mol. The summed E-state index contributed by atoms with van der Waals surface area (Å²) in [4.78, 5) is 32.2. The van der Waals surface area contributed by atoms with Crippen LogP contribution in [0.25, 0.3) is 21.9 Å². The first kappa shape index (κ1) is 24.2. The number of benzene rings is 1. The summed E-state index contributed by atoms with van der Waals surface area (Å²) in [6, 6.07) is 7.19. The Bertz CT molecular complexity index is 1510. The van der Waals surface area contributed by atoms with Gasteiger partial charge in [-0.15, -0.1) is 0 Å². The zero-order valence-corrected chi connectivity index (χ0v) is 20.9. The van der Waals surface area contributed by atoms with Crippen LogP contribution in [0.5, 0.6) is 5.75 Å². The number of hydrogen-bond acceptors (Lipinski definition) is 7. The molecule has 1 saturated carbocycles. The SMILES string of the molecule is Cc1cc2nccc(OCCNC3CCC(n4c(=O)n(C)c5cnc(Cl)cc54)CC3)c2cc1[N+](=O)[O-]. The molecule has 0 amide bonds. The standard InChI is InChI=1S/C25H27ClN6O4/c1-15-11-19-18(12-20(15)32(34)35)23(7-8-28-19)36-10-9-27-16-3-5-17(6-4-16)31-21-13-24(26)29-14-22(21)30(2)25(31)33/h7-8,11-14,16-17,27H,3-6,9-10H2,1-2H3. The number of imidazole rings is 1. The third-order valence-electron chi connectivity index (χ3n) is 7.01. The quantitative estimate of drug-likeness (QED) is 0.170. The molecule has 188 valence electrons. The summed E-state index contributed by atoms with van der Waals surface area (Å²) in [6.07, 6.45) is 6.95. The lowest BCUT2D eigenvalue weighted by atomic mass is 9.91. The Morgan fingerprint density at radius 3 is 2.72 bits per heavy atom. The number of nitrogens with one attached hydrogen (secondary N) is 1. The summed E-state index contributed by atoms with van der Waals surface area (Å²) < 4.78 is 9.44. The lowest BCUT2D eigenvalue weighted by molar-refractivity contribution is -0.385. The van der Waals surface area contributed by atoms with E-state index in [1.807, 2.05) is 4.57 Å². The van der Waals surface area contributed by atoms with Crippen molar-refractivity contribution in [1.29, 1.82) is 0 Å². The summed E-state index contributed by atoms with van der Waals surface area (Å²) in [5.41, 5.74) is 2.86. The summed E-state index contributed by atoms with van der Waals surface area (Å²) in [7, 11) is 1.76. The Labute approximate surface area is 212 Å². The first-order valence-corrected chi connectivity index (χ1v) is 12.3. The molecule has 1 N–H and O–H groups in total. The maximum Gasteiger partial charge on any atom is 0.329 e. The van der Waals surface area contributed by atoms with Crippen LogP contribution in [0.2, 0.25) is 5.15 Å². The van der Waals surface area contributed by atoms with Gasteiger partial charge in [0.1, 0.15) is 17.5 Å². The normalized spacial score (nSPS) is 18.1. The third kappa shape index (κ3) is 4.54. The van der Waals surface area contributed by atoms with Crippen LogP contribution in [0.15, 0.2) is 41.5 Å². The molecule has 11 heteroatoms. The molecular formula is C25H27ClN6O4. The Kier molecular flexibility index (Phi) is 6.63. The van der Waals surface area contributed by atoms with Crippen LogP contribution in [-0.2, 0) is 7.05 Å². The van der Waals surface area contributed by atoms with E-state index < -0.39 is 0 Å². The minimum absolute atomic E-state index is 0.0427. The molecule has 0 spiro atoms. The third-order valence-corrected chi connectivity index (χ3v) is 7.22. The highest BCUT2D eigenvalue weighted by atomic mass is 35.5. The van der Waals surface area contributed by atoms with Crippen molar-refractivity contribution in [2.45, 2.75) is 44.7 Å². The van der Waals surface area contributed by atoms with Crippen molar-refractivity contribution in [3.63, 3.8) is 0 Å². The molecule has 0 bridgehead atoms. The van der Waals surface area contributed by atoms with Crippen LogP contribution in [-0.4, -0.2) is 43.2 Å². The smallest absolute Gasteiger partial charge is 0.329 e. The molecule has 3 heterocycles. The lowest BCUT2D eigenvalue weighted by Gasteiger charge is -2.30. The van der Waals surface area contributed by atoms with Crippen LogP contribution in [0, 0.1) is 17.0 Å². The molecule has 3 aromatic heterocycles. The number of nitro groups is 1. The highest BCUT2D eigenvalue weighted by molar-refractivity contribution is 6.29. The van der Waals surface area contributed by atoms with Gasteiger partial charge in [0.15, 0.2) is 0 Å². The molecule has 5 rings (SSSR count). The number of halogens is 1. The van der Waals surface area contributed by atoms with E-state index in [0.717, 1.165) is 36.7 Å². The number of fused-ring (bicyclic) bond motifs is 2. The molecule has 0 saturated heterocycles. The zero-order chi connectivity index (χ0) is 25.4. The van der Waals surface area contributed by atoms with E-state index in [2.05, 4.69) is 15.3 Å². The molecule has 0 aliphatic heterocycles. The fourth-order valence-corrected chi connectivity index (χ4v) is 5.28. The van der Waals surface area contributed by atoms with Crippen molar-refractivity contribution in [2.24, 2.45) is 7.05 Å². The highest BCUT2D eigenvalue weighted by Crippen LogP contribution is 2.32. The van der Waals surface area contributed by atoms with E-state index in [-0.39, 0.29) is 22.3 Å². The van der Waals surface area contributed by atoms with Crippen LogP contribution < -0.4 is 15.7 Å². The van der Waals surface area contributed by atoms with Gasteiger partial charge in [-0.2, -0.15) is 0 Å². The Balaban J connectivity index is 1.18. The van der Waals surface area contributed by atoms with E-state index in [1.165, 1.54) is 6.07 Å². The second-order valence-electron chi connectivity index (χ2n) is 9.24. The van der Waals surface area contributed by atoms with Gasteiger partial charge in [0.05, 0.1) is 27.7 Å². The Hall–Kier alpha value is -3.50. The van der Waals surface area contributed by atoms with E-state index in [0.29, 0.717) is 46.6 Å². The van der Waals surface area contributed by atoms with Crippen LogP contribution >= 0.6 is 11.6 Å². The van der Waals surface area contributed by atoms with Gasteiger partial charge in [0.25, 0.3) is 5.69 Å². The van der Waals surface area contributed by atoms with Gasteiger partial charge in [-0.1, -0.05) is 11.6 Å². The fourth-order valence-electron chi connectivity index (χ4n) is 5.13. The van der Waals surface area contributed by atoms with Crippen molar-refractivity contribution in [1.82, 2.24) is 24.4 Å². The molecule has 0 radical (unpaired) electrons. The molecule has 0 atom stereocenters. The number of nitro benzene ring substituents is 1. The number of aromatic nitrogens is 4. The molecule has 1 aromatic carbocycles. The summed E-state index contributed by atoms with van der Waals surface area (Å²) in [5, 5.41) is 15.9. The van der Waals surface area contributed by atoms with Gasteiger partial charge in [0, 0.05) is 55.0 Å². The van der Waals surface area contributed by atoms with Crippen molar-refractivity contribution in [3.8, 4) is 5.75 Å². The number of rotatable bonds is 7. The average Bonchev–Trinajstić information content (AvgIpc) is 3.10.